The van der Waals surface area contributed by atoms with E-state index in [4.69, 9.17) is 5.14 Å². The van der Waals surface area contributed by atoms with E-state index < -0.39 is 10.0 Å². The summed E-state index contributed by atoms with van der Waals surface area (Å²) in [6.45, 7) is 6.84. The Morgan fingerprint density at radius 1 is 1.30 bits per heavy atom. The van der Waals surface area contributed by atoms with E-state index in [1.54, 1.807) is 4.90 Å². The second-order valence-corrected chi connectivity index (χ2v) is 8.91. The number of rotatable bonds is 6. The van der Waals surface area contributed by atoms with Crippen LogP contribution in [0.25, 0.3) is 0 Å². The molecule has 5 nitrogen and oxygen atoms in total. The van der Waals surface area contributed by atoms with Crippen LogP contribution in [-0.4, -0.2) is 37.6 Å². The molecule has 1 saturated heterocycles. The van der Waals surface area contributed by atoms with Gasteiger partial charge >= 0.3 is 0 Å². The topological polar surface area (TPSA) is 80.5 Å². The van der Waals surface area contributed by atoms with Crippen LogP contribution in [0.4, 0.5) is 0 Å². The smallest absolute Gasteiger partial charge is 0.223 e. The van der Waals surface area contributed by atoms with Gasteiger partial charge in [0.05, 0.1) is 5.75 Å². The van der Waals surface area contributed by atoms with Crippen molar-refractivity contribution >= 4 is 15.9 Å². The van der Waals surface area contributed by atoms with E-state index in [1.807, 2.05) is 25.1 Å². The maximum atomic E-state index is 12.2. The molecule has 128 valence electrons. The molecule has 2 unspecified atom stereocenters. The highest BCUT2D eigenvalue weighted by molar-refractivity contribution is 7.89. The standard InChI is InChI=1S/C17H26N2O3S/c1-13(10-17(2,3)15-7-5-4-6-8-15)19-11-14(9-16(19)20)12-23(18,21)22/h4-8,13-14H,9-12H2,1-3H3,(H2,18,21,22). The fraction of sp³-hybridized carbons (Fsp3) is 0.588. The van der Waals surface area contributed by atoms with Crippen molar-refractivity contribution in [3.63, 3.8) is 0 Å². The number of hydrogen-bond acceptors (Lipinski definition) is 3. The molecule has 0 saturated carbocycles. The molecule has 23 heavy (non-hydrogen) atoms. The number of benzene rings is 1. The molecule has 1 amide bonds. The molecule has 1 aliphatic heterocycles. The molecule has 2 rings (SSSR count). The molecule has 1 fully saturated rings. The Labute approximate surface area is 138 Å². The molecular formula is C17H26N2O3S. The zero-order chi connectivity index (χ0) is 17.3. The molecule has 1 heterocycles. The summed E-state index contributed by atoms with van der Waals surface area (Å²) in [6, 6.07) is 10.3. The predicted molar refractivity (Wildman–Crippen MR) is 91.3 cm³/mol. The lowest BCUT2D eigenvalue weighted by atomic mass is 9.79. The molecule has 2 N–H and O–H groups in total. The molecule has 2 atom stereocenters. The lowest BCUT2D eigenvalue weighted by Gasteiger charge is -2.33. The van der Waals surface area contributed by atoms with Crippen LogP contribution in [0.2, 0.25) is 0 Å². The van der Waals surface area contributed by atoms with Crippen LogP contribution in [0.3, 0.4) is 0 Å². The van der Waals surface area contributed by atoms with Gasteiger partial charge in [-0.2, -0.15) is 0 Å². The van der Waals surface area contributed by atoms with Gasteiger partial charge in [0.15, 0.2) is 0 Å². The second-order valence-electron chi connectivity index (χ2n) is 7.25. The van der Waals surface area contributed by atoms with Crippen molar-refractivity contribution in [3.8, 4) is 0 Å². The Morgan fingerprint density at radius 2 is 1.91 bits per heavy atom. The summed E-state index contributed by atoms with van der Waals surface area (Å²) in [7, 11) is -3.54. The zero-order valence-electron chi connectivity index (χ0n) is 14.0. The van der Waals surface area contributed by atoms with Gasteiger partial charge in [-0.25, -0.2) is 13.6 Å². The molecule has 1 aromatic rings. The van der Waals surface area contributed by atoms with E-state index in [0.717, 1.165) is 6.42 Å². The Bertz CT molecular complexity index is 656. The van der Waals surface area contributed by atoms with Crippen LogP contribution in [0.5, 0.6) is 0 Å². The number of sulfonamides is 1. The van der Waals surface area contributed by atoms with E-state index in [2.05, 4.69) is 26.0 Å². The fourth-order valence-corrected chi connectivity index (χ4v) is 4.41. The van der Waals surface area contributed by atoms with Gasteiger partial charge < -0.3 is 4.90 Å². The maximum Gasteiger partial charge on any atom is 0.223 e. The number of carbonyl (C=O) groups excluding carboxylic acids is 1. The van der Waals surface area contributed by atoms with Crippen molar-refractivity contribution in [2.24, 2.45) is 11.1 Å². The van der Waals surface area contributed by atoms with E-state index >= 15 is 0 Å². The molecule has 0 spiro atoms. The molecule has 1 aliphatic rings. The Morgan fingerprint density at radius 3 is 2.48 bits per heavy atom. The monoisotopic (exact) mass is 338 g/mol. The van der Waals surface area contributed by atoms with Crippen LogP contribution in [0, 0.1) is 5.92 Å². The third kappa shape index (κ3) is 4.78. The molecule has 1 aromatic carbocycles. The van der Waals surface area contributed by atoms with Gasteiger partial charge in [-0.15, -0.1) is 0 Å². The van der Waals surface area contributed by atoms with E-state index in [1.165, 1.54) is 5.56 Å². The maximum absolute atomic E-state index is 12.2. The zero-order valence-corrected chi connectivity index (χ0v) is 14.8. The van der Waals surface area contributed by atoms with Crippen molar-refractivity contribution in [2.75, 3.05) is 12.3 Å². The molecule has 0 bridgehead atoms. The largest absolute Gasteiger partial charge is 0.340 e. The van der Waals surface area contributed by atoms with Gasteiger partial charge in [-0.1, -0.05) is 44.2 Å². The lowest BCUT2D eigenvalue weighted by molar-refractivity contribution is -0.129. The van der Waals surface area contributed by atoms with Crippen LogP contribution in [0.15, 0.2) is 30.3 Å². The first-order chi connectivity index (χ1) is 10.6. The highest BCUT2D eigenvalue weighted by Gasteiger charge is 2.36. The first kappa shape index (κ1) is 17.9. The summed E-state index contributed by atoms with van der Waals surface area (Å²) >= 11 is 0. The van der Waals surface area contributed by atoms with Crippen LogP contribution in [-0.2, 0) is 20.2 Å². The second kappa shape index (κ2) is 6.61. The Kier molecular flexibility index (Phi) is 5.16. The van der Waals surface area contributed by atoms with Gasteiger partial charge in [0, 0.05) is 24.9 Å². The van der Waals surface area contributed by atoms with Crippen LogP contribution < -0.4 is 5.14 Å². The molecule has 0 aromatic heterocycles. The van der Waals surface area contributed by atoms with Gasteiger partial charge in [-0.3, -0.25) is 4.79 Å². The van der Waals surface area contributed by atoms with Crippen LogP contribution >= 0.6 is 0 Å². The van der Waals surface area contributed by atoms with Crippen molar-refractivity contribution in [1.82, 2.24) is 4.90 Å². The number of nitrogens with two attached hydrogens (primary N) is 1. The number of carbonyl (C=O) groups is 1. The first-order valence-corrected chi connectivity index (χ1v) is 9.65. The summed E-state index contributed by atoms with van der Waals surface area (Å²) in [4.78, 5) is 14.0. The summed E-state index contributed by atoms with van der Waals surface area (Å²) < 4.78 is 22.5. The average molecular weight is 338 g/mol. The van der Waals surface area contributed by atoms with E-state index in [9.17, 15) is 13.2 Å². The Hall–Kier alpha value is -1.40. The summed E-state index contributed by atoms with van der Waals surface area (Å²) in [5.74, 6) is -0.292. The number of likely N-dealkylation sites (tertiary alicyclic amines) is 1. The van der Waals surface area contributed by atoms with Gasteiger partial charge in [0.25, 0.3) is 0 Å². The highest BCUT2D eigenvalue weighted by atomic mass is 32.2. The van der Waals surface area contributed by atoms with Gasteiger partial charge in [-0.05, 0) is 24.3 Å². The Balaban J connectivity index is 2.03. The third-order valence-electron chi connectivity index (χ3n) is 4.60. The minimum Gasteiger partial charge on any atom is -0.340 e. The summed E-state index contributed by atoms with van der Waals surface area (Å²) in [5, 5.41) is 5.10. The number of hydrogen-bond donors (Lipinski definition) is 1. The van der Waals surface area contributed by atoms with E-state index in [-0.39, 0.29) is 35.5 Å². The third-order valence-corrected chi connectivity index (χ3v) is 5.54. The van der Waals surface area contributed by atoms with Crippen molar-refractivity contribution in [2.45, 2.75) is 45.1 Å². The molecular weight excluding hydrogens is 312 g/mol. The molecule has 0 radical (unpaired) electrons. The quantitative estimate of drug-likeness (QED) is 0.860. The van der Waals surface area contributed by atoms with Crippen LogP contribution in [0.1, 0.15) is 39.2 Å². The van der Waals surface area contributed by atoms with E-state index in [0.29, 0.717) is 6.54 Å². The number of primary sulfonamides is 1. The van der Waals surface area contributed by atoms with Crippen molar-refractivity contribution in [1.29, 1.82) is 0 Å². The summed E-state index contributed by atoms with van der Waals surface area (Å²) in [5.41, 5.74) is 1.18. The van der Waals surface area contributed by atoms with Gasteiger partial charge in [0.2, 0.25) is 15.9 Å². The predicted octanol–water partition coefficient (Wildman–Crippen LogP) is 1.88. The number of amides is 1. The lowest BCUT2D eigenvalue weighted by Crippen LogP contribution is -2.39. The van der Waals surface area contributed by atoms with Crippen molar-refractivity contribution < 1.29 is 13.2 Å². The minimum absolute atomic E-state index is 0.0232. The number of nitrogens with zero attached hydrogens (tertiary/aromatic N) is 1. The minimum atomic E-state index is -3.54. The van der Waals surface area contributed by atoms with Gasteiger partial charge in [0.1, 0.15) is 0 Å². The SMILES string of the molecule is CC(CC(C)(C)c1ccccc1)N1CC(CS(N)(=O)=O)CC1=O. The van der Waals surface area contributed by atoms with Crippen molar-refractivity contribution in [3.05, 3.63) is 35.9 Å². The fourth-order valence-electron chi connectivity index (χ4n) is 3.53. The first-order valence-electron chi connectivity index (χ1n) is 7.94. The molecule has 0 aliphatic carbocycles. The molecule has 6 heteroatoms. The summed E-state index contributed by atoms with van der Waals surface area (Å²) in [6.07, 6.45) is 1.09. The normalized spacial score (nSPS) is 20.8. The average Bonchev–Trinajstić information content (AvgIpc) is 2.78. The highest BCUT2D eigenvalue weighted by Crippen LogP contribution is 2.32.